The monoisotopic (exact) mass is 373 g/mol. The molecule has 5 heteroatoms. The van der Waals surface area contributed by atoms with E-state index in [0.29, 0.717) is 17.7 Å². The minimum absolute atomic E-state index is 0.330. The number of fused-ring (bicyclic) bond motifs is 1. The van der Waals surface area contributed by atoms with Crippen molar-refractivity contribution in [2.24, 2.45) is 0 Å². The molecular weight excluding hydrogens is 354 g/mol. The lowest BCUT2D eigenvalue weighted by Crippen LogP contribution is -2.44. The van der Waals surface area contributed by atoms with Gasteiger partial charge in [-0.25, -0.2) is 0 Å². The molecule has 0 bridgehead atoms. The van der Waals surface area contributed by atoms with Crippen molar-refractivity contribution in [1.82, 2.24) is 0 Å². The molecule has 0 N–H and O–H groups in total. The van der Waals surface area contributed by atoms with Gasteiger partial charge in [-0.2, -0.15) is 0 Å². The van der Waals surface area contributed by atoms with Crippen molar-refractivity contribution in [3.05, 3.63) is 112 Å². The second-order valence-corrected chi connectivity index (χ2v) is 7.00. The third-order valence-electron chi connectivity index (χ3n) is 5.39. The maximum Gasteiger partial charge on any atom is 0.323 e. The Morgan fingerprint density at radius 1 is 0.893 bits per heavy atom. The smallest absolute Gasteiger partial charge is 0.323 e. The summed E-state index contributed by atoms with van der Waals surface area (Å²) >= 11 is 0. The van der Waals surface area contributed by atoms with Gasteiger partial charge in [0.25, 0.3) is 0 Å². The van der Waals surface area contributed by atoms with Crippen LogP contribution in [-0.2, 0) is 16.6 Å². The summed E-state index contributed by atoms with van der Waals surface area (Å²) in [6.45, 7) is -0.361. The standard InChI is InChI=1S/C23H19NO4/c25-22-23(15-17-9-3-1-4-10-17,19-13-7-8-14-21(19)28-22)20(16-24(26)27)18-11-5-2-6-12-18/h1-14,20H,15-16H2/t20-,23+/m1/s1. The van der Waals surface area contributed by atoms with E-state index in [1.54, 1.807) is 12.1 Å². The predicted molar refractivity (Wildman–Crippen MR) is 105 cm³/mol. The van der Waals surface area contributed by atoms with E-state index in [0.717, 1.165) is 11.1 Å². The first-order chi connectivity index (χ1) is 13.6. The number of carbonyl (C=O) groups excluding carboxylic acids is 1. The maximum absolute atomic E-state index is 13.3. The van der Waals surface area contributed by atoms with Gasteiger partial charge in [0.15, 0.2) is 0 Å². The number of esters is 1. The molecule has 2 atom stereocenters. The Morgan fingerprint density at radius 3 is 2.18 bits per heavy atom. The summed E-state index contributed by atoms with van der Waals surface area (Å²) in [5, 5.41) is 11.6. The Hall–Kier alpha value is -3.47. The largest absolute Gasteiger partial charge is 0.426 e. The number of para-hydroxylation sites is 1. The quantitative estimate of drug-likeness (QED) is 0.282. The number of nitro groups is 1. The third-order valence-corrected chi connectivity index (χ3v) is 5.39. The van der Waals surface area contributed by atoms with Crippen LogP contribution in [0.2, 0.25) is 0 Å². The van der Waals surface area contributed by atoms with Crippen molar-refractivity contribution in [3.8, 4) is 5.75 Å². The summed E-state index contributed by atoms with van der Waals surface area (Å²) in [6, 6.07) is 26.0. The van der Waals surface area contributed by atoms with E-state index in [1.807, 2.05) is 72.8 Å². The minimum Gasteiger partial charge on any atom is -0.426 e. The van der Waals surface area contributed by atoms with Crippen LogP contribution in [0.25, 0.3) is 0 Å². The summed E-state index contributed by atoms with van der Waals surface area (Å²) in [5.74, 6) is -0.610. The summed E-state index contributed by atoms with van der Waals surface area (Å²) in [4.78, 5) is 24.6. The van der Waals surface area contributed by atoms with Crippen LogP contribution in [0.15, 0.2) is 84.9 Å². The van der Waals surface area contributed by atoms with Gasteiger partial charge >= 0.3 is 5.97 Å². The second kappa shape index (κ2) is 7.27. The predicted octanol–water partition coefficient (Wildman–Crippen LogP) is 4.15. The molecule has 28 heavy (non-hydrogen) atoms. The molecule has 0 aromatic heterocycles. The number of benzene rings is 3. The Morgan fingerprint density at radius 2 is 1.50 bits per heavy atom. The zero-order valence-electron chi connectivity index (χ0n) is 15.2. The molecule has 5 nitrogen and oxygen atoms in total. The Kier molecular flexibility index (Phi) is 4.65. The zero-order chi connectivity index (χ0) is 19.6. The fourth-order valence-corrected chi connectivity index (χ4v) is 4.14. The lowest BCUT2D eigenvalue weighted by Gasteiger charge is -2.33. The second-order valence-electron chi connectivity index (χ2n) is 7.00. The van der Waals surface area contributed by atoms with Gasteiger partial charge in [0.2, 0.25) is 6.54 Å². The number of carbonyl (C=O) groups is 1. The van der Waals surface area contributed by atoms with E-state index in [4.69, 9.17) is 4.74 Å². The molecule has 0 saturated carbocycles. The first kappa shape index (κ1) is 17.9. The lowest BCUT2D eigenvalue weighted by atomic mass is 9.65. The van der Waals surface area contributed by atoms with Crippen molar-refractivity contribution in [1.29, 1.82) is 0 Å². The average Bonchev–Trinajstić information content (AvgIpc) is 2.99. The normalized spacial score (nSPS) is 18.9. The molecule has 140 valence electrons. The number of ether oxygens (including phenoxy) is 1. The first-order valence-corrected chi connectivity index (χ1v) is 9.14. The van der Waals surface area contributed by atoms with E-state index < -0.39 is 17.3 Å². The van der Waals surface area contributed by atoms with Crippen molar-refractivity contribution < 1.29 is 14.5 Å². The van der Waals surface area contributed by atoms with Crippen LogP contribution in [0.5, 0.6) is 5.75 Å². The molecule has 1 heterocycles. The number of hydrogen-bond acceptors (Lipinski definition) is 4. The fraction of sp³-hybridized carbons (Fsp3) is 0.174. The minimum atomic E-state index is -1.16. The van der Waals surface area contributed by atoms with Crippen LogP contribution in [0.3, 0.4) is 0 Å². The van der Waals surface area contributed by atoms with Crippen LogP contribution in [0.1, 0.15) is 22.6 Å². The van der Waals surface area contributed by atoms with E-state index in [9.17, 15) is 14.9 Å². The van der Waals surface area contributed by atoms with Gasteiger partial charge in [-0.3, -0.25) is 14.9 Å². The van der Waals surface area contributed by atoms with Crippen LogP contribution in [0, 0.1) is 10.1 Å². The molecule has 1 aliphatic rings. The topological polar surface area (TPSA) is 69.4 Å². The van der Waals surface area contributed by atoms with Gasteiger partial charge in [-0.05, 0) is 23.6 Å². The van der Waals surface area contributed by atoms with Crippen molar-refractivity contribution in [3.63, 3.8) is 0 Å². The summed E-state index contributed by atoms with van der Waals surface area (Å²) < 4.78 is 5.62. The molecule has 1 aliphatic heterocycles. The van der Waals surface area contributed by atoms with E-state index in [2.05, 4.69) is 0 Å². The molecule has 3 aromatic rings. The third kappa shape index (κ3) is 3.05. The van der Waals surface area contributed by atoms with Crippen LogP contribution < -0.4 is 4.74 Å². The summed E-state index contributed by atoms with van der Waals surface area (Å²) in [6.07, 6.45) is 0.330. The highest BCUT2D eigenvalue weighted by molar-refractivity contribution is 5.92. The van der Waals surface area contributed by atoms with Gasteiger partial charge < -0.3 is 4.74 Å². The molecule has 0 unspecified atom stereocenters. The van der Waals surface area contributed by atoms with Crippen LogP contribution in [-0.4, -0.2) is 17.4 Å². The molecule has 0 radical (unpaired) electrons. The lowest BCUT2D eigenvalue weighted by molar-refractivity contribution is -0.485. The SMILES string of the molecule is O=C1Oc2ccccc2[C@@]1(Cc1ccccc1)[C@H](C[N+](=O)[O-])c1ccccc1. The molecular formula is C23H19NO4. The van der Waals surface area contributed by atoms with Crippen LogP contribution in [0.4, 0.5) is 0 Å². The summed E-state index contributed by atoms with van der Waals surface area (Å²) in [5.41, 5.74) is 1.23. The Balaban J connectivity index is 1.94. The number of nitrogens with zero attached hydrogens (tertiary/aromatic N) is 1. The van der Waals surface area contributed by atoms with Gasteiger partial charge in [0.1, 0.15) is 11.2 Å². The first-order valence-electron chi connectivity index (χ1n) is 9.14. The van der Waals surface area contributed by atoms with Gasteiger partial charge in [0.05, 0.1) is 5.92 Å². The van der Waals surface area contributed by atoms with Crippen molar-refractivity contribution >= 4 is 5.97 Å². The maximum atomic E-state index is 13.3. The Labute approximate surface area is 162 Å². The fourth-order valence-electron chi connectivity index (χ4n) is 4.14. The number of hydrogen-bond donors (Lipinski definition) is 0. The zero-order valence-corrected chi connectivity index (χ0v) is 15.2. The molecule has 0 spiro atoms. The van der Waals surface area contributed by atoms with Crippen molar-refractivity contribution in [2.75, 3.05) is 6.54 Å². The highest BCUT2D eigenvalue weighted by Crippen LogP contribution is 2.50. The van der Waals surface area contributed by atoms with Crippen LogP contribution >= 0.6 is 0 Å². The molecule has 0 aliphatic carbocycles. The average molecular weight is 373 g/mol. The van der Waals surface area contributed by atoms with E-state index in [-0.39, 0.29) is 11.5 Å². The van der Waals surface area contributed by atoms with E-state index >= 15 is 0 Å². The molecule has 0 amide bonds. The molecule has 3 aromatic carbocycles. The highest BCUT2D eigenvalue weighted by Gasteiger charge is 2.56. The van der Waals surface area contributed by atoms with E-state index in [1.165, 1.54) is 0 Å². The molecule has 4 rings (SSSR count). The Bertz CT molecular complexity index is 1000. The molecule has 0 fully saturated rings. The number of rotatable bonds is 6. The summed E-state index contributed by atoms with van der Waals surface area (Å²) in [7, 11) is 0. The van der Waals surface area contributed by atoms with Gasteiger partial charge in [0, 0.05) is 10.5 Å². The van der Waals surface area contributed by atoms with Gasteiger partial charge in [-0.1, -0.05) is 78.9 Å². The van der Waals surface area contributed by atoms with Gasteiger partial charge in [-0.15, -0.1) is 0 Å². The molecule has 0 saturated heterocycles. The highest BCUT2D eigenvalue weighted by atomic mass is 16.6. The van der Waals surface area contributed by atoms with Crippen molar-refractivity contribution in [2.45, 2.75) is 17.8 Å².